The first-order valence-electron chi connectivity index (χ1n) is 10.5. The Labute approximate surface area is 202 Å². The summed E-state index contributed by atoms with van der Waals surface area (Å²) in [6.07, 6.45) is 4.66. The number of likely N-dealkylation sites (tertiary alicyclic amines) is 1. The molecule has 0 unspecified atom stereocenters. The summed E-state index contributed by atoms with van der Waals surface area (Å²) in [7, 11) is 0. The molecule has 30 heavy (non-hydrogen) atoms. The van der Waals surface area contributed by atoms with Gasteiger partial charge in [-0.25, -0.2) is 0 Å². The molecule has 3 fully saturated rings. The van der Waals surface area contributed by atoms with Crippen LogP contribution in [0.4, 0.5) is 5.69 Å². The molecule has 0 radical (unpaired) electrons. The van der Waals surface area contributed by atoms with Crippen molar-refractivity contribution in [3.8, 4) is 0 Å². The molecule has 0 spiro atoms. The monoisotopic (exact) mass is 494 g/mol. The number of carbonyl (C=O) groups is 1. The molecule has 2 atom stereocenters. The lowest BCUT2D eigenvalue weighted by Crippen LogP contribution is -2.48. The Balaban J connectivity index is 0.00000107. The van der Waals surface area contributed by atoms with Crippen molar-refractivity contribution >= 4 is 60.6 Å². The zero-order valence-electron chi connectivity index (χ0n) is 17.2. The van der Waals surface area contributed by atoms with Gasteiger partial charge in [-0.3, -0.25) is 9.69 Å². The fourth-order valence-corrected chi connectivity index (χ4v) is 6.25. The number of carbonyl (C=O) groups excluding carboxylic acids is 1. The van der Waals surface area contributed by atoms with Crippen LogP contribution in [-0.4, -0.2) is 78.2 Å². The van der Waals surface area contributed by atoms with E-state index in [1.54, 1.807) is 0 Å². The summed E-state index contributed by atoms with van der Waals surface area (Å²) in [5.41, 5.74) is 2.98. The quantitative estimate of drug-likeness (QED) is 0.698. The molecule has 1 aromatic carbocycles. The molecule has 5 rings (SSSR count). The van der Waals surface area contributed by atoms with Crippen LogP contribution in [0.1, 0.15) is 24.8 Å². The van der Waals surface area contributed by atoms with Gasteiger partial charge in [0.05, 0.1) is 11.9 Å². The Morgan fingerprint density at radius 1 is 1.00 bits per heavy atom. The predicted molar refractivity (Wildman–Crippen MR) is 133 cm³/mol. The number of hydrogen-bond donors (Lipinski definition) is 1. The van der Waals surface area contributed by atoms with Gasteiger partial charge in [-0.2, -0.15) is 0 Å². The van der Waals surface area contributed by atoms with Gasteiger partial charge >= 0.3 is 0 Å². The van der Waals surface area contributed by atoms with Crippen LogP contribution in [0.25, 0.3) is 0 Å². The number of benzene rings is 1. The van der Waals surface area contributed by atoms with Crippen LogP contribution < -0.4 is 10.2 Å². The molecule has 4 aliphatic heterocycles. The standard InChI is InChI=1S/C21H30N4OS.3ClH/c26-21(24-11-12-27-15-24)19-13-18(14-22-19)23-8-6-17(7-9-23)25-10-5-16-3-1-2-4-20(16)25;;;/h1-4,17-19,22H,5-15H2;3*1H/t18-,19-;;;/m0.../s1. The van der Waals surface area contributed by atoms with Gasteiger partial charge in [0.1, 0.15) is 0 Å². The Morgan fingerprint density at radius 3 is 2.50 bits per heavy atom. The second-order valence-corrected chi connectivity index (χ2v) is 9.40. The Bertz CT molecular complexity index is 699. The van der Waals surface area contributed by atoms with Crippen molar-refractivity contribution in [2.24, 2.45) is 0 Å². The molecule has 0 aliphatic carbocycles. The summed E-state index contributed by atoms with van der Waals surface area (Å²) >= 11 is 1.87. The van der Waals surface area contributed by atoms with E-state index in [1.165, 1.54) is 37.1 Å². The van der Waals surface area contributed by atoms with E-state index in [1.807, 2.05) is 16.7 Å². The van der Waals surface area contributed by atoms with Crippen molar-refractivity contribution in [3.05, 3.63) is 29.8 Å². The maximum atomic E-state index is 12.6. The Morgan fingerprint density at radius 2 is 1.77 bits per heavy atom. The number of hydrogen-bond acceptors (Lipinski definition) is 5. The van der Waals surface area contributed by atoms with Gasteiger partial charge in [0, 0.05) is 56.2 Å². The van der Waals surface area contributed by atoms with Gasteiger partial charge in [-0.1, -0.05) is 18.2 Å². The number of halogens is 3. The first kappa shape index (κ1) is 25.9. The summed E-state index contributed by atoms with van der Waals surface area (Å²) in [6.45, 7) is 5.40. The molecule has 0 bridgehead atoms. The van der Waals surface area contributed by atoms with E-state index in [9.17, 15) is 4.79 Å². The van der Waals surface area contributed by atoms with Gasteiger partial charge in [-0.05, 0) is 37.3 Å². The second-order valence-electron chi connectivity index (χ2n) is 8.33. The minimum Gasteiger partial charge on any atom is -0.368 e. The molecule has 170 valence electrons. The summed E-state index contributed by atoms with van der Waals surface area (Å²) in [5.74, 6) is 2.30. The molecular weight excluding hydrogens is 463 g/mol. The fourth-order valence-electron chi connectivity index (χ4n) is 5.30. The molecule has 4 heterocycles. The van der Waals surface area contributed by atoms with Crippen LogP contribution in [0.2, 0.25) is 0 Å². The van der Waals surface area contributed by atoms with Crippen molar-refractivity contribution in [1.29, 1.82) is 0 Å². The minimum absolute atomic E-state index is 0. The van der Waals surface area contributed by atoms with Gasteiger partial charge in [-0.15, -0.1) is 49.0 Å². The van der Waals surface area contributed by atoms with Crippen LogP contribution in [-0.2, 0) is 11.2 Å². The zero-order valence-corrected chi connectivity index (χ0v) is 20.5. The first-order chi connectivity index (χ1) is 13.3. The number of para-hydroxylation sites is 1. The smallest absolute Gasteiger partial charge is 0.240 e. The molecule has 1 amide bonds. The normalized spacial score (nSPS) is 26.5. The maximum absolute atomic E-state index is 12.6. The Hall–Kier alpha value is -0.370. The zero-order chi connectivity index (χ0) is 18.2. The van der Waals surface area contributed by atoms with E-state index in [2.05, 4.69) is 39.4 Å². The van der Waals surface area contributed by atoms with E-state index in [0.29, 0.717) is 18.0 Å². The van der Waals surface area contributed by atoms with E-state index in [4.69, 9.17) is 0 Å². The molecule has 0 saturated carbocycles. The van der Waals surface area contributed by atoms with Crippen LogP contribution in [0.5, 0.6) is 0 Å². The van der Waals surface area contributed by atoms with Gasteiger partial charge in [0.2, 0.25) is 5.91 Å². The lowest BCUT2D eigenvalue weighted by Gasteiger charge is -2.40. The van der Waals surface area contributed by atoms with E-state index < -0.39 is 0 Å². The molecule has 1 aromatic rings. The topological polar surface area (TPSA) is 38.8 Å². The van der Waals surface area contributed by atoms with E-state index >= 15 is 0 Å². The number of piperidine rings is 1. The molecule has 0 aromatic heterocycles. The van der Waals surface area contributed by atoms with Crippen LogP contribution in [0.15, 0.2) is 24.3 Å². The Kier molecular flexibility index (Phi) is 9.91. The van der Waals surface area contributed by atoms with Gasteiger partial charge in [0.25, 0.3) is 0 Å². The van der Waals surface area contributed by atoms with Crippen molar-refractivity contribution in [3.63, 3.8) is 0 Å². The van der Waals surface area contributed by atoms with Crippen molar-refractivity contribution in [2.45, 2.75) is 43.8 Å². The molecule has 1 N–H and O–H groups in total. The first-order valence-corrected chi connectivity index (χ1v) is 11.6. The SMILES string of the molecule is Cl.Cl.Cl.O=C([C@@H]1C[C@H](N2CCC(N3CCc4ccccc43)CC2)CN1)N1CCSC1. The van der Waals surface area contributed by atoms with Gasteiger partial charge < -0.3 is 15.1 Å². The van der Waals surface area contributed by atoms with E-state index in [0.717, 1.165) is 44.2 Å². The average Bonchev–Trinajstić information content (AvgIpc) is 3.48. The molecular formula is C21H33Cl3N4OS. The van der Waals surface area contributed by atoms with Gasteiger partial charge in [0.15, 0.2) is 0 Å². The van der Waals surface area contributed by atoms with Crippen LogP contribution >= 0.6 is 49.0 Å². The number of nitrogens with one attached hydrogen (secondary N) is 1. The number of fused-ring (bicyclic) bond motifs is 1. The highest BCUT2D eigenvalue weighted by Gasteiger charge is 2.38. The fraction of sp³-hybridized carbons (Fsp3) is 0.667. The number of thioether (sulfide) groups is 1. The maximum Gasteiger partial charge on any atom is 0.240 e. The molecule has 5 nitrogen and oxygen atoms in total. The lowest BCUT2D eigenvalue weighted by atomic mass is 10.00. The third-order valence-electron chi connectivity index (χ3n) is 6.85. The average molecular weight is 496 g/mol. The number of amides is 1. The van der Waals surface area contributed by atoms with Crippen LogP contribution in [0.3, 0.4) is 0 Å². The number of anilines is 1. The molecule has 3 saturated heterocycles. The van der Waals surface area contributed by atoms with E-state index in [-0.39, 0.29) is 43.3 Å². The second kappa shape index (κ2) is 11.5. The van der Waals surface area contributed by atoms with Crippen molar-refractivity contribution in [2.75, 3.05) is 49.3 Å². The van der Waals surface area contributed by atoms with Crippen molar-refractivity contribution in [1.82, 2.24) is 15.1 Å². The number of rotatable bonds is 3. The summed E-state index contributed by atoms with van der Waals surface area (Å²) in [5, 5.41) is 3.51. The minimum atomic E-state index is 0. The molecule has 9 heteroatoms. The molecule has 4 aliphatic rings. The van der Waals surface area contributed by atoms with Crippen LogP contribution in [0, 0.1) is 0 Å². The van der Waals surface area contributed by atoms with Crippen molar-refractivity contribution < 1.29 is 4.79 Å². The third kappa shape index (κ3) is 5.16. The number of nitrogens with zero attached hydrogens (tertiary/aromatic N) is 3. The predicted octanol–water partition coefficient (Wildman–Crippen LogP) is 3.04. The highest BCUT2D eigenvalue weighted by atomic mass is 35.5. The third-order valence-corrected chi connectivity index (χ3v) is 7.81. The lowest BCUT2D eigenvalue weighted by molar-refractivity contribution is -0.131. The summed E-state index contributed by atoms with van der Waals surface area (Å²) < 4.78 is 0. The largest absolute Gasteiger partial charge is 0.368 e. The highest BCUT2D eigenvalue weighted by Crippen LogP contribution is 2.33. The highest BCUT2D eigenvalue weighted by molar-refractivity contribution is 7.99. The summed E-state index contributed by atoms with van der Waals surface area (Å²) in [6, 6.07) is 10.2. The summed E-state index contributed by atoms with van der Waals surface area (Å²) in [4.78, 5) is 20.0.